The summed E-state index contributed by atoms with van der Waals surface area (Å²) in [7, 11) is -3.06. The molecule has 2 aliphatic carbocycles. The van der Waals surface area contributed by atoms with Crippen LogP contribution in [-0.4, -0.2) is 19.4 Å². The normalized spacial score (nSPS) is 22.0. The van der Waals surface area contributed by atoms with E-state index < -0.39 is 16.2 Å². The van der Waals surface area contributed by atoms with Crippen LogP contribution in [0.1, 0.15) is 38.3 Å². The Hall–Kier alpha value is -3.03. The fraction of sp³-hybridized carbons (Fsp3) is 0.282. The molecule has 6 rings (SSSR count). The van der Waals surface area contributed by atoms with Crippen molar-refractivity contribution in [3.05, 3.63) is 145 Å². The molecule has 0 heterocycles. The van der Waals surface area contributed by atoms with Crippen molar-refractivity contribution in [2.45, 2.75) is 57.8 Å². The highest BCUT2D eigenvalue weighted by molar-refractivity contribution is 7.73. The maximum Gasteiger partial charge on any atom is 0.194 e. The summed E-state index contributed by atoms with van der Waals surface area (Å²) in [4.78, 5) is 4.44. The Morgan fingerprint density at radius 2 is 1.07 bits per heavy atom. The van der Waals surface area contributed by atoms with Crippen molar-refractivity contribution < 1.29 is 0 Å². The van der Waals surface area contributed by atoms with Crippen LogP contribution in [0.2, 0.25) is 5.54 Å². The van der Waals surface area contributed by atoms with Gasteiger partial charge in [0.2, 0.25) is 0 Å². The zero-order chi connectivity index (χ0) is 29.3. The molecule has 1 saturated carbocycles. The molecule has 0 spiro atoms. The van der Waals surface area contributed by atoms with Gasteiger partial charge in [0.15, 0.2) is 8.24 Å². The van der Waals surface area contributed by atoms with Gasteiger partial charge in [-0.05, 0) is 93.0 Å². The fourth-order valence-electron chi connectivity index (χ4n) is 7.51. The van der Waals surface area contributed by atoms with E-state index in [1.165, 1.54) is 38.5 Å². The van der Waals surface area contributed by atoms with E-state index in [9.17, 15) is 0 Å². The van der Waals surface area contributed by atoms with Crippen LogP contribution in [0.15, 0.2) is 133 Å². The molecule has 1 nitrogen and oxygen atoms in total. The first kappa shape index (κ1) is 29.1. The van der Waals surface area contributed by atoms with E-state index in [1.807, 2.05) is 0 Å². The summed E-state index contributed by atoms with van der Waals surface area (Å²) in [5.41, 5.74) is 3.68. The molecule has 0 aromatic heterocycles. The molecule has 42 heavy (non-hydrogen) atoms. The van der Waals surface area contributed by atoms with Gasteiger partial charge in [-0.2, -0.15) is 0 Å². The van der Waals surface area contributed by atoms with E-state index in [1.54, 1.807) is 0 Å². The molecule has 2 aliphatic rings. The van der Waals surface area contributed by atoms with Crippen molar-refractivity contribution in [3.8, 4) is 0 Å². The highest BCUT2D eigenvalue weighted by Crippen LogP contribution is 2.59. The second kappa shape index (κ2) is 11.9. The van der Waals surface area contributed by atoms with E-state index in [0.717, 1.165) is 0 Å². The lowest BCUT2D eigenvalue weighted by Crippen LogP contribution is -2.75. The first-order valence-electron chi connectivity index (χ1n) is 15.4. The van der Waals surface area contributed by atoms with Gasteiger partial charge >= 0.3 is 0 Å². The lowest BCUT2D eigenvalue weighted by molar-refractivity contribution is 0.493. The zero-order valence-corrected chi connectivity index (χ0v) is 27.6. The molecule has 0 amide bonds. The third-order valence-electron chi connectivity index (χ3n) is 9.17. The van der Waals surface area contributed by atoms with Crippen LogP contribution >= 0.6 is 7.92 Å². The Morgan fingerprint density at radius 3 is 1.52 bits per heavy atom. The summed E-state index contributed by atoms with van der Waals surface area (Å²) in [5, 5.41) is 5.99. The molecule has 4 atom stereocenters. The van der Waals surface area contributed by atoms with E-state index in [2.05, 4.69) is 173 Å². The van der Waals surface area contributed by atoms with Gasteiger partial charge in [-0.15, -0.1) is 0 Å². The molecule has 3 heteroatoms. The fourth-order valence-corrected chi connectivity index (χ4v) is 16.6. The molecule has 4 aromatic carbocycles. The Balaban J connectivity index is 1.57. The standard InChI is InChI=1S/C39H44NPSi/c1-29-20-24-33(25-21-29)42(40-39(3,4)5,34-26-22-30(2)23-27-34)38-28-37(35-18-12-13-19-36(35)38)41(31-14-8-6-9-15-31)32-16-10-7-11-17-32/h6-27,35-38,40H,28H2,1-5H3. The van der Waals surface area contributed by atoms with Gasteiger partial charge in [-0.25, -0.2) is 0 Å². The number of aryl methyl sites for hydroxylation is 2. The Kier molecular flexibility index (Phi) is 8.25. The highest BCUT2D eigenvalue weighted by Gasteiger charge is 2.57. The molecule has 4 unspecified atom stereocenters. The van der Waals surface area contributed by atoms with Crippen molar-refractivity contribution in [3.63, 3.8) is 0 Å². The molecular formula is C39H44NPSi. The molecule has 214 valence electrons. The van der Waals surface area contributed by atoms with Crippen molar-refractivity contribution >= 4 is 37.1 Å². The highest BCUT2D eigenvalue weighted by atomic mass is 31.1. The monoisotopic (exact) mass is 585 g/mol. The van der Waals surface area contributed by atoms with Gasteiger partial charge in [-0.1, -0.05) is 145 Å². The molecule has 0 radical (unpaired) electrons. The van der Waals surface area contributed by atoms with Gasteiger partial charge in [0.05, 0.1) is 0 Å². The molecular weight excluding hydrogens is 541 g/mol. The summed E-state index contributed by atoms with van der Waals surface area (Å²) < 4.78 is 0. The SMILES string of the molecule is Cc1ccc([Si](NC(C)(C)C)(c2ccc(C)cc2)C2CC(P(c3ccccc3)c3ccccc3)C3C=CC=CC32)cc1. The number of rotatable bonds is 7. The molecule has 1 fully saturated rings. The minimum absolute atomic E-state index is 0.0343. The summed E-state index contributed by atoms with van der Waals surface area (Å²) in [5.74, 6) is 0.998. The lowest BCUT2D eigenvalue weighted by atomic mass is 9.91. The summed E-state index contributed by atoms with van der Waals surface area (Å²) in [6.45, 7) is 11.5. The van der Waals surface area contributed by atoms with Gasteiger partial charge < -0.3 is 4.98 Å². The predicted molar refractivity (Wildman–Crippen MR) is 187 cm³/mol. The molecule has 0 saturated heterocycles. The van der Waals surface area contributed by atoms with E-state index in [-0.39, 0.29) is 5.54 Å². The van der Waals surface area contributed by atoms with Crippen LogP contribution in [-0.2, 0) is 0 Å². The van der Waals surface area contributed by atoms with Crippen LogP contribution in [0.3, 0.4) is 0 Å². The number of nitrogens with one attached hydrogen (secondary N) is 1. The van der Waals surface area contributed by atoms with Crippen molar-refractivity contribution in [2.75, 3.05) is 0 Å². The number of hydrogen-bond donors (Lipinski definition) is 1. The first-order chi connectivity index (χ1) is 20.3. The van der Waals surface area contributed by atoms with Crippen molar-refractivity contribution in [2.24, 2.45) is 11.8 Å². The topological polar surface area (TPSA) is 12.0 Å². The molecule has 0 bridgehead atoms. The van der Waals surface area contributed by atoms with Gasteiger partial charge in [0.25, 0.3) is 0 Å². The average Bonchev–Trinajstić information content (AvgIpc) is 3.37. The molecule has 0 aliphatic heterocycles. The first-order valence-corrected chi connectivity index (χ1v) is 18.9. The van der Waals surface area contributed by atoms with Gasteiger partial charge in [0.1, 0.15) is 0 Å². The van der Waals surface area contributed by atoms with Gasteiger partial charge in [-0.3, -0.25) is 0 Å². The number of benzene rings is 4. The average molecular weight is 586 g/mol. The second-order valence-corrected chi connectivity index (χ2v) is 19.5. The summed E-state index contributed by atoms with van der Waals surface area (Å²) in [6.07, 6.45) is 11.0. The number of fused-ring (bicyclic) bond motifs is 1. The zero-order valence-electron chi connectivity index (χ0n) is 25.7. The minimum atomic E-state index is -2.52. The predicted octanol–water partition coefficient (Wildman–Crippen LogP) is 7.39. The van der Waals surface area contributed by atoms with Gasteiger partial charge in [0, 0.05) is 5.54 Å². The molecule has 1 N–H and O–H groups in total. The summed E-state index contributed by atoms with van der Waals surface area (Å²) >= 11 is 0. The largest absolute Gasteiger partial charge is 0.325 e. The van der Waals surface area contributed by atoms with Crippen molar-refractivity contribution in [1.82, 2.24) is 4.98 Å². The minimum Gasteiger partial charge on any atom is -0.325 e. The van der Waals surface area contributed by atoms with Crippen LogP contribution in [0.25, 0.3) is 0 Å². The lowest BCUT2D eigenvalue weighted by Gasteiger charge is -2.46. The Labute approximate surface area is 255 Å². The summed E-state index contributed by atoms with van der Waals surface area (Å²) in [6, 6.07) is 41.8. The van der Waals surface area contributed by atoms with Crippen LogP contribution in [0.4, 0.5) is 0 Å². The quantitative estimate of drug-likeness (QED) is 0.176. The number of allylic oxidation sites excluding steroid dienone is 4. The van der Waals surface area contributed by atoms with Crippen molar-refractivity contribution in [1.29, 1.82) is 0 Å². The van der Waals surface area contributed by atoms with Crippen LogP contribution in [0.5, 0.6) is 0 Å². The smallest absolute Gasteiger partial charge is 0.194 e. The third kappa shape index (κ3) is 5.65. The Bertz CT molecular complexity index is 1450. The maximum atomic E-state index is 4.44. The van der Waals surface area contributed by atoms with E-state index in [0.29, 0.717) is 23.0 Å². The molecule has 4 aromatic rings. The van der Waals surface area contributed by atoms with Crippen LogP contribution < -0.4 is 26.0 Å². The maximum absolute atomic E-state index is 4.44. The van der Waals surface area contributed by atoms with E-state index >= 15 is 0 Å². The Morgan fingerprint density at radius 1 is 0.619 bits per heavy atom. The second-order valence-electron chi connectivity index (χ2n) is 13.3. The number of hydrogen-bond acceptors (Lipinski definition) is 1. The van der Waals surface area contributed by atoms with E-state index in [4.69, 9.17) is 0 Å². The van der Waals surface area contributed by atoms with Crippen LogP contribution in [0, 0.1) is 25.7 Å². The third-order valence-corrected chi connectivity index (χ3v) is 17.5.